The second-order valence-corrected chi connectivity index (χ2v) is 6.62. The minimum Gasteiger partial charge on any atom is -0.423 e. The van der Waals surface area contributed by atoms with Crippen molar-refractivity contribution >= 4 is 34.3 Å². The molecule has 1 amide bonds. The van der Waals surface area contributed by atoms with Crippen LogP contribution in [0.3, 0.4) is 0 Å². The first-order chi connectivity index (χ1) is 9.92. The van der Waals surface area contributed by atoms with Crippen LogP contribution in [0.5, 0.6) is 0 Å². The van der Waals surface area contributed by atoms with Crippen LogP contribution in [0.25, 0.3) is 11.0 Å². The van der Waals surface area contributed by atoms with Crippen molar-refractivity contribution in [3.05, 3.63) is 39.7 Å². The third-order valence-corrected chi connectivity index (χ3v) is 4.39. The summed E-state index contributed by atoms with van der Waals surface area (Å²) < 4.78 is 5.20. The predicted octanol–water partition coefficient (Wildman–Crippen LogP) is 3.49. The zero-order chi connectivity index (χ0) is 15.6. The lowest BCUT2D eigenvalue weighted by molar-refractivity contribution is -0.115. The van der Waals surface area contributed by atoms with Gasteiger partial charge in [-0.05, 0) is 49.8 Å². The summed E-state index contributed by atoms with van der Waals surface area (Å²) in [5.74, 6) is 0.884. The molecule has 0 saturated carbocycles. The summed E-state index contributed by atoms with van der Waals surface area (Å²) in [6, 6.07) is 5.11. The molecular weight excluding hydrogens is 286 g/mol. The van der Waals surface area contributed by atoms with Crippen molar-refractivity contribution in [3.8, 4) is 0 Å². The van der Waals surface area contributed by atoms with Crippen LogP contribution in [0.4, 0.5) is 5.69 Å². The third kappa shape index (κ3) is 3.47. The maximum absolute atomic E-state index is 12.1. The number of benzene rings is 1. The minimum absolute atomic E-state index is 0.0145. The van der Waals surface area contributed by atoms with Gasteiger partial charge >= 0.3 is 5.63 Å². The lowest BCUT2D eigenvalue weighted by Crippen LogP contribution is -2.23. The van der Waals surface area contributed by atoms with E-state index >= 15 is 0 Å². The molecule has 1 heterocycles. The Balaban J connectivity index is 2.39. The zero-order valence-electron chi connectivity index (χ0n) is 12.6. The smallest absolute Gasteiger partial charge is 0.336 e. The monoisotopic (exact) mass is 305 g/mol. The molecule has 0 aliphatic heterocycles. The predicted molar refractivity (Wildman–Crippen MR) is 88.2 cm³/mol. The van der Waals surface area contributed by atoms with Crippen LogP contribution in [0, 0.1) is 13.8 Å². The summed E-state index contributed by atoms with van der Waals surface area (Å²) in [6.45, 7) is 7.66. The van der Waals surface area contributed by atoms with Crippen LogP contribution in [0.2, 0.25) is 0 Å². The normalized spacial score (nSPS) is 12.4. The summed E-state index contributed by atoms with van der Waals surface area (Å²) in [6.07, 6.45) is 0. The second-order valence-electron chi connectivity index (χ2n) is 5.00. The van der Waals surface area contributed by atoms with Gasteiger partial charge in [-0.25, -0.2) is 4.79 Å². The Morgan fingerprint density at radius 3 is 2.67 bits per heavy atom. The summed E-state index contributed by atoms with van der Waals surface area (Å²) in [7, 11) is 0. The van der Waals surface area contributed by atoms with Gasteiger partial charge in [0.15, 0.2) is 0 Å². The fourth-order valence-electron chi connectivity index (χ4n) is 2.16. The highest BCUT2D eigenvalue weighted by atomic mass is 32.2. The fourth-order valence-corrected chi connectivity index (χ4v) is 2.87. The SMILES string of the molecule is CCSC(C)C(=O)Nc1cc2c(C)cc(=O)oc2cc1C. The molecule has 1 atom stereocenters. The Morgan fingerprint density at radius 1 is 1.29 bits per heavy atom. The lowest BCUT2D eigenvalue weighted by Gasteiger charge is -2.14. The zero-order valence-corrected chi connectivity index (χ0v) is 13.5. The van der Waals surface area contributed by atoms with Crippen molar-refractivity contribution < 1.29 is 9.21 Å². The van der Waals surface area contributed by atoms with Gasteiger partial charge in [0.2, 0.25) is 5.91 Å². The molecule has 1 N–H and O–H groups in total. The molecule has 0 radical (unpaired) electrons. The summed E-state index contributed by atoms with van der Waals surface area (Å²) in [5, 5.41) is 3.69. The van der Waals surface area contributed by atoms with Crippen molar-refractivity contribution in [1.29, 1.82) is 0 Å². The van der Waals surface area contributed by atoms with E-state index in [-0.39, 0.29) is 16.8 Å². The van der Waals surface area contributed by atoms with Gasteiger partial charge in [-0.3, -0.25) is 4.79 Å². The summed E-state index contributed by atoms with van der Waals surface area (Å²) >= 11 is 1.60. The number of carbonyl (C=O) groups is 1. The van der Waals surface area contributed by atoms with Gasteiger partial charge < -0.3 is 9.73 Å². The number of fused-ring (bicyclic) bond motifs is 1. The van der Waals surface area contributed by atoms with E-state index in [0.29, 0.717) is 5.58 Å². The number of thioether (sulfide) groups is 1. The molecule has 0 saturated heterocycles. The second kappa shape index (κ2) is 6.35. The van der Waals surface area contributed by atoms with E-state index in [1.54, 1.807) is 17.8 Å². The van der Waals surface area contributed by atoms with E-state index < -0.39 is 0 Å². The Kier molecular flexibility index (Phi) is 4.73. The summed E-state index contributed by atoms with van der Waals surface area (Å²) in [4.78, 5) is 23.5. The largest absolute Gasteiger partial charge is 0.423 e. The molecule has 0 bridgehead atoms. The number of hydrogen-bond acceptors (Lipinski definition) is 4. The maximum atomic E-state index is 12.1. The standard InChI is InChI=1S/C16H19NO3S/c1-5-21-11(4)16(19)17-13-8-12-9(2)7-15(18)20-14(12)6-10(13)3/h6-8,11H,5H2,1-4H3,(H,17,19). The Labute approximate surface area is 127 Å². The van der Waals surface area contributed by atoms with Gasteiger partial charge in [0.1, 0.15) is 5.58 Å². The average Bonchev–Trinajstić information content (AvgIpc) is 2.40. The lowest BCUT2D eigenvalue weighted by atomic mass is 10.1. The topological polar surface area (TPSA) is 59.3 Å². The van der Waals surface area contributed by atoms with E-state index in [0.717, 1.165) is 28.0 Å². The molecular formula is C16H19NO3S. The molecule has 0 aliphatic carbocycles. The van der Waals surface area contributed by atoms with E-state index in [2.05, 4.69) is 5.32 Å². The first-order valence-corrected chi connectivity index (χ1v) is 7.94. The highest BCUT2D eigenvalue weighted by molar-refractivity contribution is 8.00. The Hall–Kier alpha value is -1.75. The molecule has 0 fully saturated rings. The molecule has 112 valence electrons. The van der Waals surface area contributed by atoms with Crippen LogP contribution in [-0.2, 0) is 4.79 Å². The van der Waals surface area contributed by atoms with Crippen LogP contribution in [0.15, 0.2) is 27.4 Å². The first-order valence-electron chi connectivity index (χ1n) is 6.90. The van der Waals surface area contributed by atoms with Crippen LogP contribution in [0.1, 0.15) is 25.0 Å². The Morgan fingerprint density at radius 2 is 2.00 bits per heavy atom. The molecule has 1 aromatic carbocycles. The number of amides is 1. The van der Waals surface area contributed by atoms with Gasteiger partial charge in [0.25, 0.3) is 0 Å². The molecule has 0 aliphatic rings. The third-order valence-electron chi connectivity index (χ3n) is 3.34. The molecule has 1 aromatic heterocycles. The average molecular weight is 305 g/mol. The van der Waals surface area contributed by atoms with Crippen molar-refractivity contribution in [3.63, 3.8) is 0 Å². The highest BCUT2D eigenvalue weighted by Gasteiger charge is 2.14. The van der Waals surface area contributed by atoms with Gasteiger partial charge in [-0.15, -0.1) is 11.8 Å². The quantitative estimate of drug-likeness (QED) is 0.878. The number of rotatable bonds is 4. The van der Waals surface area contributed by atoms with E-state index in [1.807, 2.05) is 33.8 Å². The van der Waals surface area contributed by atoms with Crippen molar-refractivity contribution in [1.82, 2.24) is 0 Å². The molecule has 5 heteroatoms. The molecule has 4 nitrogen and oxygen atoms in total. The van der Waals surface area contributed by atoms with Crippen molar-refractivity contribution in [2.45, 2.75) is 32.9 Å². The molecule has 2 rings (SSSR count). The summed E-state index contributed by atoms with van der Waals surface area (Å²) in [5.41, 5.74) is 2.66. The van der Waals surface area contributed by atoms with Gasteiger partial charge in [0.05, 0.1) is 5.25 Å². The number of anilines is 1. The first kappa shape index (κ1) is 15.6. The van der Waals surface area contributed by atoms with Crippen molar-refractivity contribution in [2.75, 3.05) is 11.1 Å². The van der Waals surface area contributed by atoms with Crippen LogP contribution >= 0.6 is 11.8 Å². The van der Waals surface area contributed by atoms with Crippen LogP contribution < -0.4 is 10.9 Å². The van der Waals surface area contributed by atoms with E-state index in [4.69, 9.17) is 4.42 Å². The minimum atomic E-state index is -0.357. The molecule has 1 unspecified atom stereocenters. The number of aryl methyl sites for hydroxylation is 2. The van der Waals surface area contributed by atoms with E-state index in [1.165, 1.54) is 6.07 Å². The number of hydrogen-bond donors (Lipinski definition) is 1. The van der Waals surface area contributed by atoms with Crippen molar-refractivity contribution in [2.24, 2.45) is 0 Å². The molecule has 21 heavy (non-hydrogen) atoms. The van der Waals surface area contributed by atoms with Crippen LogP contribution in [-0.4, -0.2) is 16.9 Å². The van der Waals surface area contributed by atoms with Gasteiger partial charge in [-0.1, -0.05) is 6.92 Å². The number of carbonyl (C=O) groups excluding carboxylic acids is 1. The van der Waals surface area contributed by atoms with Gasteiger partial charge in [-0.2, -0.15) is 0 Å². The number of nitrogens with one attached hydrogen (secondary N) is 1. The molecule has 2 aromatic rings. The highest BCUT2D eigenvalue weighted by Crippen LogP contribution is 2.25. The van der Waals surface area contributed by atoms with E-state index in [9.17, 15) is 9.59 Å². The molecule has 0 spiro atoms. The Bertz CT molecular complexity index is 736. The maximum Gasteiger partial charge on any atom is 0.336 e. The van der Waals surface area contributed by atoms with Gasteiger partial charge in [0, 0.05) is 17.1 Å². The fraction of sp³-hybridized carbons (Fsp3) is 0.375.